The molecular weight excluding hydrogens is 549 g/mol. The fraction of sp³-hybridized carbons (Fsp3) is 0.0690. The number of fused-ring (bicyclic) bond motifs is 1. The van der Waals surface area contributed by atoms with Gasteiger partial charge in [-0.2, -0.15) is 0 Å². The zero-order valence-corrected chi connectivity index (χ0v) is 23.4. The molecule has 0 atom stereocenters. The van der Waals surface area contributed by atoms with Crippen molar-refractivity contribution in [3.05, 3.63) is 82.4 Å². The standard InChI is InChI=1S/C29H22N4O3S3/c1-35-17-10-11-22(36-2)18(13-17)19-14-20(16-7-4-3-5-8-16)31-28-24(19)25(30)26(39-28)27(34)33-29-32-21(15-38-29)23-9-6-12-37-23/h3-15H,30H2,1-2H3,(H,32,33,34). The minimum atomic E-state index is -0.326. The molecule has 194 valence electrons. The summed E-state index contributed by atoms with van der Waals surface area (Å²) in [5, 5.41) is 8.04. The number of rotatable bonds is 7. The van der Waals surface area contributed by atoms with Gasteiger partial charge in [0, 0.05) is 27.5 Å². The van der Waals surface area contributed by atoms with Gasteiger partial charge in [-0.1, -0.05) is 36.4 Å². The van der Waals surface area contributed by atoms with Gasteiger partial charge in [-0.15, -0.1) is 34.0 Å². The molecule has 6 rings (SSSR count). The number of anilines is 2. The van der Waals surface area contributed by atoms with Crippen LogP contribution in [-0.2, 0) is 0 Å². The van der Waals surface area contributed by atoms with E-state index in [9.17, 15) is 4.79 Å². The van der Waals surface area contributed by atoms with Gasteiger partial charge in [0.25, 0.3) is 5.91 Å². The van der Waals surface area contributed by atoms with E-state index >= 15 is 0 Å². The molecule has 0 aliphatic heterocycles. The highest BCUT2D eigenvalue weighted by atomic mass is 32.1. The zero-order chi connectivity index (χ0) is 26.9. The summed E-state index contributed by atoms with van der Waals surface area (Å²) in [5.41, 5.74) is 11.2. The number of nitrogens with zero attached hydrogens (tertiary/aromatic N) is 2. The lowest BCUT2D eigenvalue weighted by atomic mass is 9.98. The SMILES string of the molecule is COc1ccc(OC)c(-c2cc(-c3ccccc3)nc3sc(C(=O)Nc4nc(-c5cccs5)cs4)c(N)c23)c1. The summed E-state index contributed by atoms with van der Waals surface area (Å²) in [6.07, 6.45) is 0. The Morgan fingerprint density at radius 1 is 0.897 bits per heavy atom. The highest BCUT2D eigenvalue weighted by Gasteiger charge is 2.24. The van der Waals surface area contributed by atoms with Crippen LogP contribution in [0.25, 0.3) is 43.2 Å². The van der Waals surface area contributed by atoms with Gasteiger partial charge in [0.05, 0.1) is 36.2 Å². The van der Waals surface area contributed by atoms with Crippen molar-refractivity contribution in [2.24, 2.45) is 0 Å². The molecule has 3 N–H and O–H groups in total. The number of nitrogens with two attached hydrogens (primary N) is 1. The Kier molecular flexibility index (Phi) is 6.74. The maximum atomic E-state index is 13.4. The van der Waals surface area contributed by atoms with E-state index in [2.05, 4.69) is 10.3 Å². The lowest BCUT2D eigenvalue weighted by Gasteiger charge is -2.13. The second-order valence-corrected chi connectivity index (χ2v) is 11.3. The highest BCUT2D eigenvalue weighted by Crippen LogP contribution is 2.45. The molecule has 0 radical (unpaired) electrons. The Labute approximate surface area is 236 Å². The summed E-state index contributed by atoms with van der Waals surface area (Å²) >= 11 is 4.23. The minimum Gasteiger partial charge on any atom is -0.497 e. The number of hydrogen-bond acceptors (Lipinski definition) is 9. The van der Waals surface area contributed by atoms with Crippen LogP contribution in [0, 0.1) is 0 Å². The molecule has 39 heavy (non-hydrogen) atoms. The second-order valence-electron chi connectivity index (χ2n) is 8.48. The second kappa shape index (κ2) is 10.5. The third kappa shape index (κ3) is 4.74. The number of carbonyl (C=O) groups is 1. The van der Waals surface area contributed by atoms with Gasteiger partial charge in [-0.05, 0) is 35.7 Å². The van der Waals surface area contributed by atoms with E-state index in [4.69, 9.17) is 20.2 Å². The van der Waals surface area contributed by atoms with Crippen LogP contribution in [-0.4, -0.2) is 30.1 Å². The van der Waals surface area contributed by atoms with Crippen molar-refractivity contribution in [3.8, 4) is 44.5 Å². The van der Waals surface area contributed by atoms with Gasteiger partial charge < -0.3 is 15.2 Å². The molecular formula is C29H22N4O3S3. The van der Waals surface area contributed by atoms with E-state index in [0.717, 1.165) is 33.0 Å². The highest BCUT2D eigenvalue weighted by molar-refractivity contribution is 7.21. The van der Waals surface area contributed by atoms with Gasteiger partial charge in [-0.3, -0.25) is 10.1 Å². The van der Waals surface area contributed by atoms with Gasteiger partial charge >= 0.3 is 0 Å². The molecule has 0 spiro atoms. The smallest absolute Gasteiger partial charge is 0.269 e. The fourth-order valence-electron chi connectivity index (χ4n) is 4.31. The summed E-state index contributed by atoms with van der Waals surface area (Å²) in [5.74, 6) is 1.00. The van der Waals surface area contributed by atoms with Crippen molar-refractivity contribution in [1.29, 1.82) is 0 Å². The predicted molar refractivity (Wildman–Crippen MR) is 161 cm³/mol. The number of ether oxygens (including phenoxy) is 2. The first-order chi connectivity index (χ1) is 19.1. The molecule has 1 amide bonds. The number of benzene rings is 2. The summed E-state index contributed by atoms with van der Waals surface area (Å²) in [4.78, 5) is 25.0. The van der Waals surface area contributed by atoms with Gasteiger partial charge in [0.1, 0.15) is 21.2 Å². The van der Waals surface area contributed by atoms with Crippen molar-refractivity contribution >= 4 is 61.0 Å². The molecule has 0 saturated heterocycles. The third-order valence-electron chi connectivity index (χ3n) is 6.17. The Bertz CT molecular complexity index is 1790. The Morgan fingerprint density at radius 3 is 2.49 bits per heavy atom. The number of methoxy groups -OCH3 is 2. The van der Waals surface area contributed by atoms with Crippen molar-refractivity contribution in [1.82, 2.24) is 9.97 Å². The van der Waals surface area contributed by atoms with Crippen LogP contribution in [0.3, 0.4) is 0 Å². The van der Waals surface area contributed by atoms with E-state index in [1.165, 1.54) is 22.7 Å². The maximum Gasteiger partial charge on any atom is 0.269 e. The number of carbonyl (C=O) groups excluding carboxylic acids is 1. The van der Waals surface area contributed by atoms with Crippen LogP contribution in [0.4, 0.5) is 10.8 Å². The Morgan fingerprint density at radius 2 is 1.74 bits per heavy atom. The lowest BCUT2D eigenvalue weighted by molar-refractivity contribution is 0.103. The monoisotopic (exact) mass is 570 g/mol. The van der Waals surface area contributed by atoms with Crippen molar-refractivity contribution in [2.45, 2.75) is 0 Å². The van der Waals surface area contributed by atoms with E-state index in [-0.39, 0.29) is 5.91 Å². The minimum absolute atomic E-state index is 0.326. The van der Waals surface area contributed by atoms with Gasteiger partial charge in [-0.25, -0.2) is 9.97 Å². The molecule has 0 aliphatic rings. The molecule has 0 saturated carbocycles. The number of nitrogen functional groups attached to an aromatic ring is 1. The number of aromatic nitrogens is 2. The molecule has 0 bridgehead atoms. The fourth-order valence-corrected chi connectivity index (χ4v) is 6.79. The van der Waals surface area contributed by atoms with Crippen molar-refractivity contribution in [3.63, 3.8) is 0 Å². The average molecular weight is 571 g/mol. The predicted octanol–water partition coefficient (Wildman–Crippen LogP) is 7.67. The quantitative estimate of drug-likeness (QED) is 0.204. The molecule has 10 heteroatoms. The number of pyridine rings is 1. The number of hydrogen-bond donors (Lipinski definition) is 2. The van der Waals surface area contributed by atoms with Crippen LogP contribution >= 0.6 is 34.0 Å². The van der Waals surface area contributed by atoms with Crippen LogP contribution < -0.4 is 20.5 Å². The van der Waals surface area contributed by atoms with E-state index in [1.807, 2.05) is 77.5 Å². The van der Waals surface area contributed by atoms with E-state index < -0.39 is 0 Å². The van der Waals surface area contributed by atoms with Crippen LogP contribution in [0.1, 0.15) is 9.67 Å². The van der Waals surface area contributed by atoms with E-state index in [1.54, 1.807) is 25.6 Å². The summed E-state index contributed by atoms with van der Waals surface area (Å²) < 4.78 is 11.2. The number of amides is 1. The zero-order valence-electron chi connectivity index (χ0n) is 20.9. The number of thiophene rings is 2. The van der Waals surface area contributed by atoms with Gasteiger partial charge in [0.15, 0.2) is 5.13 Å². The molecule has 6 aromatic rings. The normalized spacial score (nSPS) is 11.0. The van der Waals surface area contributed by atoms with Crippen LogP contribution in [0.15, 0.2) is 77.5 Å². The number of thiazole rings is 1. The number of nitrogens with one attached hydrogen (secondary N) is 1. The first kappa shape index (κ1) is 25.1. The van der Waals surface area contributed by atoms with Crippen molar-refractivity contribution < 1.29 is 14.3 Å². The Balaban J connectivity index is 1.48. The summed E-state index contributed by atoms with van der Waals surface area (Å²) in [6.45, 7) is 0. The Hall–Kier alpha value is -4.25. The van der Waals surface area contributed by atoms with Crippen LogP contribution in [0.2, 0.25) is 0 Å². The molecule has 0 fully saturated rings. The topological polar surface area (TPSA) is 99.4 Å². The largest absolute Gasteiger partial charge is 0.497 e. The molecule has 4 aromatic heterocycles. The molecule has 0 aliphatic carbocycles. The van der Waals surface area contributed by atoms with Crippen molar-refractivity contribution in [2.75, 3.05) is 25.3 Å². The summed E-state index contributed by atoms with van der Waals surface area (Å²) in [7, 11) is 3.24. The molecule has 7 nitrogen and oxygen atoms in total. The average Bonchev–Trinajstić information content (AvgIpc) is 3.73. The first-order valence-electron chi connectivity index (χ1n) is 11.9. The molecule has 4 heterocycles. The summed E-state index contributed by atoms with van der Waals surface area (Å²) in [6, 6.07) is 21.4. The molecule has 0 unspecified atom stereocenters. The lowest BCUT2D eigenvalue weighted by Crippen LogP contribution is -2.11. The van der Waals surface area contributed by atoms with Crippen LogP contribution in [0.5, 0.6) is 11.5 Å². The molecule has 2 aromatic carbocycles. The maximum absolute atomic E-state index is 13.4. The van der Waals surface area contributed by atoms with Gasteiger partial charge in [0.2, 0.25) is 0 Å². The van der Waals surface area contributed by atoms with E-state index in [0.29, 0.717) is 37.4 Å². The third-order valence-corrected chi connectivity index (χ3v) is 8.92. The first-order valence-corrected chi connectivity index (χ1v) is 14.4.